The molecule has 2 aromatic rings. The number of aromatic nitrogens is 3. The van der Waals surface area contributed by atoms with Gasteiger partial charge in [0.25, 0.3) is 5.91 Å². The molecule has 0 saturated carbocycles. The van der Waals surface area contributed by atoms with E-state index in [-0.39, 0.29) is 5.91 Å². The van der Waals surface area contributed by atoms with Crippen molar-refractivity contribution in [3.8, 4) is 0 Å². The molecule has 2 rings (SSSR count). The number of hydrogen-bond donors (Lipinski definition) is 1. The lowest BCUT2D eigenvalue weighted by molar-refractivity contribution is 0.0950. The summed E-state index contributed by atoms with van der Waals surface area (Å²) in [6.45, 7) is 1.21. The Morgan fingerprint density at radius 3 is 3.29 bits per heavy atom. The average molecular weight is 234 g/mol. The normalized spacial score (nSPS) is 10.6. The number of ether oxygens (including phenoxy) is 1. The second-order valence-corrected chi connectivity index (χ2v) is 3.55. The van der Waals surface area contributed by atoms with Crippen molar-refractivity contribution in [2.24, 2.45) is 0 Å². The van der Waals surface area contributed by atoms with Crippen LogP contribution in [0.3, 0.4) is 0 Å². The zero-order chi connectivity index (χ0) is 12.1. The van der Waals surface area contributed by atoms with Gasteiger partial charge in [0, 0.05) is 32.7 Å². The Hall–Kier alpha value is -1.95. The molecule has 0 bridgehead atoms. The van der Waals surface area contributed by atoms with Gasteiger partial charge < -0.3 is 10.1 Å². The first kappa shape index (κ1) is 11.5. The van der Waals surface area contributed by atoms with E-state index in [0.717, 1.165) is 6.42 Å². The third-order valence-electron chi connectivity index (χ3n) is 2.33. The monoisotopic (exact) mass is 234 g/mol. The molecule has 0 unspecified atom stereocenters. The number of fused-ring (bicyclic) bond motifs is 1. The summed E-state index contributed by atoms with van der Waals surface area (Å²) < 4.78 is 6.48. The van der Waals surface area contributed by atoms with E-state index >= 15 is 0 Å². The van der Waals surface area contributed by atoms with Crippen LogP contribution >= 0.6 is 0 Å². The Balaban J connectivity index is 2.04. The average Bonchev–Trinajstić information content (AvgIpc) is 2.78. The molecular formula is C11H14N4O2. The predicted octanol–water partition coefficient (Wildman–Crippen LogP) is 0.496. The fraction of sp³-hybridized carbons (Fsp3) is 0.364. The lowest BCUT2D eigenvalue weighted by Crippen LogP contribution is -2.25. The van der Waals surface area contributed by atoms with Crippen LogP contribution in [0.25, 0.3) is 5.65 Å². The Bertz CT molecular complexity index is 509. The van der Waals surface area contributed by atoms with Gasteiger partial charge in [0.05, 0.1) is 6.20 Å². The minimum absolute atomic E-state index is 0.158. The second-order valence-electron chi connectivity index (χ2n) is 3.55. The molecule has 17 heavy (non-hydrogen) atoms. The van der Waals surface area contributed by atoms with Gasteiger partial charge in [-0.2, -0.15) is 5.10 Å². The second kappa shape index (κ2) is 5.40. The highest BCUT2D eigenvalue weighted by Crippen LogP contribution is 2.06. The van der Waals surface area contributed by atoms with Crippen LogP contribution in [0.2, 0.25) is 0 Å². The third kappa shape index (κ3) is 2.59. The standard InChI is InChI=1S/C11H14N4O2/c1-17-7-3-5-13-11(16)9-8-14-15-6-2-4-12-10(9)15/h2,4,6,8H,3,5,7H2,1H3,(H,13,16). The van der Waals surface area contributed by atoms with Crippen molar-refractivity contribution < 1.29 is 9.53 Å². The summed E-state index contributed by atoms with van der Waals surface area (Å²) >= 11 is 0. The highest BCUT2D eigenvalue weighted by Gasteiger charge is 2.12. The Morgan fingerprint density at radius 1 is 1.59 bits per heavy atom. The quantitative estimate of drug-likeness (QED) is 0.765. The molecule has 6 nitrogen and oxygen atoms in total. The molecule has 0 saturated heterocycles. The van der Waals surface area contributed by atoms with Crippen LogP contribution in [-0.4, -0.2) is 40.8 Å². The topological polar surface area (TPSA) is 68.5 Å². The molecule has 0 radical (unpaired) electrons. The summed E-state index contributed by atoms with van der Waals surface area (Å²) in [6, 6.07) is 1.76. The SMILES string of the molecule is COCCCNC(=O)c1cnn2cccnc12. The van der Waals surface area contributed by atoms with Gasteiger partial charge in [-0.25, -0.2) is 9.50 Å². The molecule has 90 valence electrons. The predicted molar refractivity (Wildman–Crippen MR) is 61.8 cm³/mol. The number of rotatable bonds is 5. The molecule has 0 aliphatic heterocycles. The maximum absolute atomic E-state index is 11.8. The van der Waals surface area contributed by atoms with E-state index in [4.69, 9.17) is 4.74 Å². The molecule has 1 amide bonds. The van der Waals surface area contributed by atoms with Crippen LogP contribution in [0, 0.1) is 0 Å². The Labute approximate surface area is 98.6 Å². The van der Waals surface area contributed by atoms with Crippen LogP contribution in [0.1, 0.15) is 16.8 Å². The first-order chi connectivity index (χ1) is 8.33. The van der Waals surface area contributed by atoms with Crippen molar-refractivity contribution in [1.29, 1.82) is 0 Å². The van der Waals surface area contributed by atoms with Crippen LogP contribution in [0.5, 0.6) is 0 Å². The highest BCUT2D eigenvalue weighted by molar-refractivity contribution is 5.99. The maximum atomic E-state index is 11.8. The minimum atomic E-state index is -0.158. The van der Waals surface area contributed by atoms with Crippen molar-refractivity contribution in [3.05, 3.63) is 30.2 Å². The number of carbonyl (C=O) groups excluding carboxylic acids is 1. The summed E-state index contributed by atoms with van der Waals surface area (Å²) in [4.78, 5) is 16.0. The van der Waals surface area contributed by atoms with Crippen molar-refractivity contribution in [2.45, 2.75) is 6.42 Å². The lowest BCUT2D eigenvalue weighted by Gasteiger charge is -2.02. The molecule has 2 heterocycles. The van der Waals surface area contributed by atoms with Crippen molar-refractivity contribution in [1.82, 2.24) is 19.9 Å². The van der Waals surface area contributed by atoms with E-state index in [0.29, 0.717) is 24.4 Å². The van der Waals surface area contributed by atoms with Gasteiger partial charge in [-0.15, -0.1) is 0 Å². The smallest absolute Gasteiger partial charge is 0.256 e. The molecule has 0 aliphatic rings. The summed E-state index contributed by atoms with van der Waals surface area (Å²) in [7, 11) is 1.64. The number of nitrogens with zero attached hydrogens (tertiary/aromatic N) is 3. The van der Waals surface area contributed by atoms with Crippen molar-refractivity contribution in [2.75, 3.05) is 20.3 Å². The van der Waals surface area contributed by atoms with Crippen molar-refractivity contribution in [3.63, 3.8) is 0 Å². The summed E-state index contributed by atoms with van der Waals surface area (Å²) in [5.41, 5.74) is 1.06. The molecule has 6 heteroatoms. The Morgan fingerprint density at radius 2 is 2.47 bits per heavy atom. The first-order valence-electron chi connectivity index (χ1n) is 5.38. The Kier molecular flexibility index (Phi) is 3.66. The fourth-order valence-corrected chi connectivity index (χ4v) is 1.50. The van der Waals surface area contributed by atoms with Crippen LogP contribution < -0.4 is 5.32 Å². The van der Waals surface area contributed by atoms with E-state index < -0.39 is 0 Å². The van der Waals surface area contributed by atoms with Gasteiger partial charge in [0.2, 0.25) is 0 Å². The molecule has 0 aromatic carbocycles. The molecule has 1 N–H and O–H groups in total. The summed E-state index contributed by atoms with van der Waals surface area (Å²) in [5, 5.41) is 6.85. The number of amides is 1. The van der Waals surface area contributed by atoms with Gasteiger partial charge in [0.15, 0.2) is 5.65 Å². The lowest BCUT2D eigenvalue weighted by atomic mass is 10.3. The zero-order valence-corrected chi connectivity index (χ0v) is 9.59. The third-order valence-corrected chi connectivity index (χ3v) is 2.33. The van der Waals surface area contributed by atoms with E-state index in [9.17, 15) is 4.79 Å². The molecule has 2 aromatic heterocycles. The number of nitrogens with one attached hydrogen (secondary N) is 1. The van der Waals surface area contributed by atoms with Crippen LogP contribution in [-0.2, 0) is 4.74 Å². The van der Waals surface area contributed by atoms with Crippen molar-refractivity contribution >= 4 is 11.6 Å². The molecule has 0 atom stereocenters. The van der Waals surface area contributed by atoms with Gasteiger partial charge >= 0.3 is 0 Å². The highest BCUT2D eigenvalue weighted by atomic mass is 16.5. The van der Waals surface area contributed by atoms with E-state index in [1.807, 2.05) is 0 Å². The maximum Gasteiger partial charge on any atom is 0.256 e. The summed E-state index contributed by atoms with van der Waals surface area (Å²) in [6.07, 6.45) is 5.70. The van der Waals surface area contributed by atoms with Crippen LogP contribution in [0.4, 0.5) is 0 Å². The van der Waals surface area contributed by atoms with E-state index in [1.54, 1.807) is 30.1 Å². The van der Waals surface area contributed by atoms with Crippen LogP contribution in [0.15, 0.2) is 24.7 Å². The van der Waals surface area contributed by atoms with Gasteiger partial charge in [-0.3, -0.25) is 4.79 Å². The zero-order valence-electron chi connectivity index (χ0n) is 9.59. The van der Waals surface area contributed by atoms with E-state index in [2.05, 4.69) is 15.4 Å². The number of hydrogen-bond acceptors (Lipinski definition) is 4. The number of carbonyl (C=O) groups is 1. The largest absolute Gasteiger partial charge is 0.385 e. The summed E-state index contributed by atoms with van der Waals surface area (Å²) in [5.74, 6) is -0.158. The minimum Gasteiger partial charge on any atom is -0.385 e. The molecule has 0 fully saturated rings. The van der Waals surface area contributed by atoms with Gasteiger partial charge in [-0.1, -0.05) is 0 Å². The van der Waals surface area contributed by atoms with Gasteiger partial charge in [0.1, 0.15) is 5.56 Å². The first-order valence-corrected chi connectivity index (χ1v) is 5.38. The molecule has 0 spiro atoms. The van der Waals surface area contributed by atoms with Gasteiger partial charge in [-0.05, 0) is 12.5 Å². The fourth-order valence-electron chi connectivity index (χ4n) is 1.50. The number of methoxy groups -OCH3 is 1. The van der Waals surface area contributed by atoms with E-state index in [1.165, 1.54) is 6.20 Å². The molecule has 0 aliphatic carbocycles. The molecular weight excluding hydrogens is 220 g/mol.